The van der Waals surface area contributed by atoms with E-state index in [2.05, 4.69) is 10.5 Å². The number of hydrogen-bond acceptors (Lipinski definition) is 4. The summed E-state index contributed by atoms with van der Waals surface area (Å²) < 4.78 is 4.95. The number of hydrogen-bond donors (Lipinski definition) is 2. The fourth-order valence-corrected chi connectivity index (χ4v) is 1.30. The first-order valence-corrected chi connectivity index (χ1v) is 4.77. The molecule has 0 aliphatic heterocycles. The van der Waals surface area contributed by atoms with E-state index in [1.807, 2.05) is 31.2 Å². The lowest BCUT2D eigenvalue weighted by atomic mass is 10.2. The number of nitrogens with one attached hydrogen (secondary N) is 1. The lowest BCUT2D eigenvalue weighted by molar-refractivity contribution is 0.398. The molecule has 1 aromatic heterocycles. The number of aryl methyl sites for hydroxylation is 1. The number of aromatic nitrogens is 1. The van der Waals surface area contributed by atoms with E-state index in [1.165, 1.54) is 0 Å². The van der Waals surface area contributed by atoms with Gasteiger partial charge >= 0.3 is 0 Å². The van der Waals surface area contributed by atoms with Crippen molar-refractivity contribution < 1.29 is 4.52 Å². The highest BCUT2D eigenvalue weighted by atomic mass is 16.5. The number of benzene rings is 1. The first kappa shape index (κ1) is 9.73. The van der Waals surface area contributed by atoms with E-state index < -0.39 is 0 Å². The Hall–Kier alpha value is -1.81. The minimum Gasteiger partial charge on any atom is -0.359 e. The highest BCUT2D eigenvalue weighted by molar-refractivity contribution is 5.60. The fourth-order valence-electron chi connectivity index (χ4n) is 1.30. The van der Waals surface area contributed by atoms with Crippen molar-refractivity contribution >= 4 is 11.4 Å². The first-order valence-electron chi connectivity index (χ1n) is 4.77. The van der Waals surface area contributed by atoms with Gasteiger partial charge in [-0.1, -0.05) is 17.3 Å². The highest BCUT2D eigenvalue weighted by Gasteiger charge is 2.02. The van der Waals surface area contributed by atoms with Gasteiger partial charge in [-0.3, -0.25) is 0 Å². The first-order chi connectivity index (χ1) is 7.29. The Labute approximate surface area is 88.1 Å². The summed E-state index contributed by atoms with van der Waals surface area (Å²) in [4.78, 5) is 0. The molecule has 0 atom stereocenters. The topological polar surface area (TPSA) is 64.1 Å². The SMILES string of the molecule is Cc1oncc1Nc1ccc(CN)cc1. The fraction of sp³-hybridized carbons (Fsp3) is 0.182. The molecular weight excluding hydrogens is 190 g/mol. The highest BCUT2D eigenvalue weighted by Crippen LogP contribution is 2.19. The molecule has 1 aromatic carbocycles. The van der Waals surface area contributed by atoms with Crippen molar-refractivity contribution in [2.75, 3.05) is 5.32 Å². The standard InChI is InChI=1S/C11H13N3O/c1-8-11(7-13-15-8)14-10-4-2-9(6-12)3-5-10/h2-5,7,14H,6,12H2,1H3. The quantitative estimate of drug-likeness (QED) is 0.802. The van der Waals surface area contributed by atoms with Crippen LogP contribution < -0.4 is 11.1 Å². The van der Waals surface area contributed by atoms with Crippen molar-refractivity contribution in [2.24, 2.45) is 5.73 Å². The van der Waals surface area contributed by atoms with Gasteiger partial charge in [0, 0.05) is 12.2 Å². The molecule has 2 rings (SSSR count). The number of rotatable bonds is 3. The Kier molecular flexibility index (Phi) is 2.69. The summed E-state index contributed by atoms with van der Waals surface area (Å²) in [6.07, 6.45) is 1.66. The number of anilines is 2. The zero-order valence-electron chi connectivity index (χ0n) is 8.53. The van der Waals surface area contributed by atoms with E-state index in [-0.39, 0.29) is 0 Å². The summed E-state index contributed by atoms with van der Waals surface area (Å²) in [7, 11) is 0. The molecule has 2 aromatic rings. The predicted molar refractivity (Wildman–Crippen MR) is 58.9 cm³/mol. The van der Waals surface area contributed by atoms with Gasteiger partial charge < -0.3 is 15.6 Å². The van der Waals surface area contributed by atoms with E-state index in [0.29, 0.717) is 6.54 Å². The smallest absolute Gasteiger partial charge is 0.157 e. The minimum atomic E-state index is 0.562. The third-order valence-electron chi connectivity index (χ3n) is 2.22. The van der Waals surface area contributed by atoms with E-state index in [9.17, 15) is 0 Å². The predicted octanol–water partition coefficient (Wildman–Crippen LogP) is 2.19. The Morgan fingerprint density at radius 1 is 1.33 bits per heavy atom. The van der Waals surface area contributed by atoms with Gasteiger partial charge in [0.05, 0.1) is 6.20 Å². The van der Waals surface area contributed by atoms with Gasteiger partial charge in [-0.15, -0.1) is 0 Å². The van der Waals surface area contributed by atoms with Crippen LogP contribution in [0.4, 0.5) is 11.4 Å². The van der Waals surface area contributed by atoms with E-state index in [4.69, 9.17) is 10.3 Å². The number of nitrogens with zero attached hydrogens (tertiary/aromatic N) is 1. The molecule has 4 heteroatoms. The van der Waals surface area contributed by atoms with Crippen molar-refractivity contribution in [1.29, 1.82) is 0 Å². The summed E-state index contributed by atoms with van der Waals surface area (Å²) in [5.74, 6) is 0.776. The molecule has 4 nitrogen and oxygen atoms in total. The van der Waals surface area contributed by atoms with Crippen LogP contribution in [0, 0.1) is 6.92 Å². The van der Waals surface area contributed by atoms with Crippen LogP contribution in [-0.2, 0) is 6.54 Å². The van der Waals surface area contributed by atoms with Gasteiger partial charge in [-0.2, -0.15) is 0 Å². The zero-order valence-corrected chi connectivity index (χ0v) is 8.53. The molecule has 0 unspecified atom stereocenters. The van der Waals surface area contributed by atoms with Gasteiger partial charge in [0.2, 0.25) is 0 Å². The maximum absolute atomic E-state index is 5.51. The van der Waals surface area contributed by atoms with Crippen LogP contribution in [0.5, 0.6) is 0 Å². The average molecular weight is 203 g/mol. The molecular formula is C11H13N3O. The van der Waals surface area contributed by atoms with Gasteiger partial charge in [0.15, 0.2) is 5.76 Å². The monoisotopic (exact) mass is 203 g/mol. The summed E-state index contributed by atoms with van der Waals surface area (Å²) in [6, 6.07) is 7.94. The molecule has 0 saturated carbocycles. The molecule has 0 aliphatic rings. The second kappa shape index (κ2) is 4.14. The summed E-state index contributed by atoms with van der Waals surface area (Å²) in [6.45, 7) is 2.43. The lowest BCUT2D eigenvalue weighted by Crippen LogP contribution is -1.96. The lowest BCUT2D eigenvalue weighted by Gasteiger charge is -2.04. The maximum atomic E-state index is 5.51. The van der Waals surface area contributed by atoms with E-state index in [1.54, 1.807) is 6.20 Å². The molecule has 0 bridgehead atoms. The van der Waals surface area contributed by atoms with Gasteiger partial charge in [0.25, 0.3) is 0 Å². The van der Waals surface area contributed by atoms with Crippen LogP contribution >= 0.6 is 0 Å². The zero-order chi connectivity index (χ0) is 10.7. The Balaban J connectivity index is 2.14. The van der Waals surface area contributed by atoms with Crippen LogP contribution in [0.1, 0.15) is 11.3 Å². The third kappa shape index (κ3) is 2.16. The minimum absolute atomic E-state index is 0.562. The Bertz CT molecular complexity index is 433. The second-order valence-electron chi connectivity index (χ2n) is 3.32. The molecule has 0 amide bonds. The van der Waals surface area contributed by atoms with Crippen LogP contribution in [0.25, 0.3) is 0 Å². The largest absolute Gasteiger partial charge is 0.359 e. The maximum Gasteiger partial charge on any atom is 0.157 e. The van der Waals surface area contributed by atoms with Gasteiger partial charge in [-0.05, 0) is 24.6 Å². The molecule has 0 radical (unpaired) electrons. The van der Waals surface area contributed by atoms with Crippen LogP contribution in [0.2, 0.25) is 0 Å². The molecule has 0 saturated heterocycles. The van der Waals surface area contributed by atoms with Crippen LogP contribution in [0.15, 0.2) is 35.0 Å². The average Bonchev–Trinajstić information content (AvgIpc) is 2.66. The molecule has 15 heavy (non-hydrogen) atoms. The molecule has 0 fully saturated rings. The molecule has 0 aliphatic carbocycles. The van der Waals surface area contributed by atoms with Crippen molar-refractivity contribution in [3.05, 3.63) is 41.8 Å². The normalized spacial score (nSPS) is 10.3. The van der Waals surface area contributed by atoms with Crippen molar-refractivity contribution in [2.45, 2.75) is 13.5 Å². The Morgan fingerprint density at radius 2 is 2.07 bits per heavy atom. The third-order valence-corrected chi connectivity index (χ3v) is 2.22. The van der Waals surface area contributed by atoms with Crippen LogP contribution in [0.3, 0.4) is 0 Å². The van der Waals surface area contributed by atoms with Crippen molar-refractivity contribution in [1.82, 2.24) is 5.16 Å². The summed E-state index contributed by atoms with van der Waals surface area (Å²) in [5, 5.41) is 6.90. The summed E-state index contributed by atoms with van der Waals surface area (Å²) >= 11 is 0. The van der Waals surface area contributed by atoms with Crippen molar-refractivity contribution in [3.8, 4) is 0 Å². The molecule has 1 heterocycles. The second-order valence-corrected chi connectivity index (χ2v) is 3.32. The van der Waals surface area contributed by atoms with E-state index >= 15 is 0 Å². The van der Waals surface area contributed by atoms with Gasteiger partial charge in [-0.25, -0.2) is 0 Å². The number of nitrogens with two attached hydrogens (primary N) is 1. The summed E-state index contributed by atoms with van der Waals surface area (Å²) in [5.41, 5.74) is 8.51. The van der Waals surface area contributed by atoms with Crippen LogP contribution in [-0.4, -0.2) is 5.16 Å². The Morgan fingerprint density at radius 3 is 2.60 bits per heavy atom. The van der Waals surface area contributed by atoms with Gasteiger partial charge in [0.1, 0.15) is 5.69 Å². The molecule has 78 valence electrons. The molecule has 0 spiro atoms. The van der Waals surface area contributed by atoms with E-state index in [0.717, 1.165) is 22.7 Å². The van der Waals surface area contributed by atoms with Crippen molar-refractivity contribution in [3.63, 3.8) is 0 Å². The molecule has 3 N–H and O–H groups in total.